The Balaban J connectivity index is 3.46. The molecule has 1 heterocycles. The molecule has 0 saturated heterocycles. The number of nitriles is 1. The summed E-state index contributed by atoms with van der Waals surface area (Å²) in [4.78, 5) is 13.9. The maximum atomic E-state index is 12.5. The van der Waals surface area contributed by atoms with Gasteiger partial charge in [0.15, 0.2) is 11.4 Å². The summed E-state index contributed by atoms with van der Waals surface area (Å²) < 4.78 is 24.9. The second-order valence-electron chi connectivity index (χ2n) is 2.47. The Morgan fingerprint density at radius 3 is 2.67 bits per heavy atom. The van der Waals surface area contributed by atoms with E-state index in [9.17, 15) is 13.6 Å². The molecule has 1 N–H and O–H groups in total. The molecule has 15 heavy (non-hydrogen) atoms. The molecular formula is C8H3F2IN2O2. The zero-order valence-corrected chi connectivity index (χ0v) is 9.20. The number of carboxylic acid groups (broad SMARTS) is 1. The van der Waals surface area contributed by atoms with Crippen LogP contribution in [0.25, 0.3) is 0 Å². The number of aromatic carboxylic acids is 1. The molecule has 0 fully saturated rings. The van der Waals surface area contributed by atoms with Crippen LogP contribution in [0.4, 0.5) is 8.78 Å². The number of halogens is 3. The number of pyridine rings is 1. The van der Waals surface area contributed by atoms with Gasteiger partial charge in [0.2, 0.25) is 0 Å². The smallest absolute Gasteiger partial charge is 0.354 e. The Morgan fingerprint density at radius 2 is 2.27 bits per heavy atom. The zero-order valence-electron chi connectivity index (χ0n) is 7.04. The number of rotatable bonds is 2. The fraction of sp³-hybridized carbons (Fsp3) is 0.125. The summed E-state index contributed by atoms with van der Waals surface area (Å²) in [6.45, 7) is 0. The first-order valence-corrected chi connectivity index (χ1v) is 4.67. The minimum Gasteiger partial charge on any atom is -0.477 e. The largest absolute Gasteiger partial charge is 0.477 e. The van der Waals surface area contributed by atoms with Crippen molar-refractivity contribution in [3.63, 3.8) is 0 Å². The lowest BCUT2D eigenvalue weighted by atomic mass is 10.2. The van der Waals surface area contributed by atoms with Crippen molar-refractivity contribution in [1.29, 1.82) is 5.26 Å². The molecule has 1 aromatic heterocycles. The molecule has 0 saturated carbocycles. The van der Waals surface area contributed by atoms with E-state index in [1.54, 1.807) is 22.6 Å². The van der Waals surface area contributed by atoms with Crippen molar-refractivity contribution in [1.82, 2.24) is 4.98 Å². The van der Waals surface area contributed by atoms with Crippen LogP contribution in [0.15, 0.2) is 6.07 Å². The van der Waals surface area contributed by atoms with Crippen molar-refractivity contribution in [2.24, 2.45) is 0 Å². The quantitative estimate of drug-likeness (QED) is 0.847. The monoisotopic (exact) mass is 324 g/mol. The summed E-state index contributed by atoms with van der Waals surface area (Å²) in [6, 6.07) is 2.46. The molecule has 0 aliphatic rings. The number of alkyl halides is 2. The van der Waals surface area contributed by atoms with Gasteiger partial charge in [0.05, 0.1) is 5.56 Å². The van der Waals surface area contributed by atoms with Gasteiger partial charge in [-0.3, -0.25) is 0 Å². The van der Waals surface area contributed by atoms with Crippen LogP contribution in [0.2, 0.25) is 0 Å². The van der Waals surface area contributed by atoms with Crippen molar-refractivity contribution in [3.05, 3.63) is 26.6 Å². The normalized spacial score (nSPS) is 10.1. The highest BCUT2D eigenvalue weighted by atomic mass is 127. The van der Waals surface area contributed by atoms with Gasteiger partial charge < -0.3 is 5.11 Å². The van der Waals surface area contributed by atoms with Crippen molar-refractivity contribution in [2.75, 3.05) is 0 Å². The van der Waals surface area contributed by atoms with E-state index in [-0.39, 0.29) is 3.57 Å². The molecule has 78 valence electrons. The van der Waals surface area contributed by atoms with Crippen LogP contribution in [0.1, 0.15) is 28.2 Å². The van der Waals surface area contributed by atoms with Gasteiger partial charge in [-0.05, 0) is 28.7 Å². The number of nitrogens with zero attached hydrogens (tertiary/aromatic N) is 2. The van der Waals surface area contributed by atoms with Crippen LogP contribution in [-0.4, -0.2) is 16.1 Å². The van der Waals surface area contributed by atoms with Gasteiger partial charge in [-0.25, -0.2) is 18.6 Å². The fourth-order valence-corrected chi connectivity index (χ4v) is 1.71. The van der Waals surface area contributed by atoms with Gasteiger partial charge >= 0.3 is 5.97 Å². The summed E-state index contributed by atoms with van der Waals surface area (Å²) in [5.41, 5.74) is -1.49. The van der Waals surface area contributed by atoms with Gasteiger partial charge in [-0.2, -0.15) is 5.26 Å². The predicted molar refractivity (Wildman–Crippen MR) is 53.6 cm³/mol. The summed E-state index contributed by atoms with van der Waals surface area (Å²) in [5.74, 6) is -1.36. The van der Waals surface area contributed by atoms with E-state index < -0.39 is 29.3 Å². The Morgan fingerprint density at radius 1 is 1.67 bits per heavy atom. The Labute approximate surface area is 96.7 Å². The lowest BCUT2D eigenvalue weighted by Crippen LogP contribution is -2.07. The average molecular weight is 324 g/mol. The molecule has 0 aromatic carbocycles. The molecule has 0 spiro atoms. The molecule has 1 rings (SSSR count). The standard InChI is InChI=1S/C8H3F2IN2O2/c9-7(10)6-3(11)1-4(8(14)15)13-5(6)2-12/h1,7H,(H,14,15). The molecule has 0 aliphatic heterocycles. The minimum atomic E-state index is -2.85. The van der Waals surface area contributed by atoms with Crippen LogP contribution in [-0.2, 0) is 0 Å². The first-order valence-electron chi connectivity index (χ1n) is 3.59. The molecule has 0 amide bonds. The minimum absolute atomic E-state index is 0.0200. The van der Waals surface area contributed by atoms with Gasteiger partial charge in [-0.1, -0.05) is 0 Å². The fourth-order valence-electron chi connectivity index (χ4n) is 0.926. The zero-order chi connectivity index (χ0) is 11.6. The van der Waals surface area contributed by atoms with E-state index in [2.05, 4.69) is 4.98 Å². The molecule has 0 unspecified atom stereocenters. The molecule has 0 aliphatic carbocycles. The second-order valence-corrected chi connectivity index (χ2v) is 3.63. The van der Waals surface area contributed by atoms with E-state index in [0.29, 0.717) is 0 Å². The lowest BCUT2D eigenvalue weighted by Gasteiger charge is -2.05. The van der Waals surface area contributed by atoms with E-state index in [1.807, 2.05) is 0 Å². The van der Waals surface area contributed by atoms with Gasteiger partial charge in [0, 0.05) is 3.57 Å². The summed E-state index contributed by atoms with van der Waals surface area (Å²) in [5, 5.41) is 17.2. The average Bonchev–Trinajstić information content (AvgIpc) is 2.15. The van der Waals surface area contributed by atoms with Gasteiger partial charge in [0.1, 0.15) is 6.07 Å². The van der Waals surface area contributed by atoms with E-state index in [1.165, 1.54) is 6.07 Å². The van der Waals surface area contributed by atoms with Crippen LogP contribution in [0, 0.1) is 14.9 Å². The molecule has 7 heteroatoms. The first kappa shape index (κ1) is 11.8. The molecular weight excluding hydrogens is 321 g/mol. The third kappa shape index (κ3) is 2.38. The number of aromatic nitrogens is 1. The Hall–Kier alpha value is -1.30. The van der Waals surface area contributed by atoms with Crippen LogP contribution >= 0.6 is 22.6 Å². The number of carboxylic acids is 1. The molecule has 0 radical (unpaired) electrons. The molecule has 0 atom stereocenters. The van der Waals surface area contributed by atoms with Crippen molar-refractivity contribution in [2.45, 2.75) is 6.43 Å². The number of hydrogen-bond donors (Lipinski definition) is 1. The third-order valence-electron chi connectivity index (χ3n) is 1.55. The SMILES string of the molecule is N#Cc1nc(C(=O)O)cc(I)c1C(F)F. The topological polar surface area (TPSA) is 74.0 Å². The van der Waals surface area contributed by atoms with E-state index >= 15 is 0 Å². The second kappa shape index (κ2) is 4.48. The number of carbonyl (C=O) groups is 1. The van der Waals surface area contributed by atoms with Gasteiger partial charge in [0.25, 0.3) is 6.43 Å². The van der Waals surface area contributed by atoms with E-state index in [4.69, 9.17) is 10.4 Å². The lowest BCUT2D eigenvalue weighted by molar-refractivity contribution is 0.0689. The summed E-state index contributed by atoms with van der Waals surface area (Å²) in [7, 11) is 0. The maximum Gasteiger partial charge on any atom is 0.354 e. The van der Waals surface area contributed by atoms with Crippen molar-refractivity contribution in [3.8, 4) is 6.07 Å². The summed E-state index contributed by atoms with van der Waals surface area (Å²) >= 11 is 1.55. The number of hydrogen-bond acceptors (Lipinski definition) is 3. The Bertz CT molecular complexity index is 457. The van der Waals surface area contributed by atoms with Crippen molar-refractivity contribution >= 4 is 28.6 Å². The van der Waals surface area contributed by atoms with Crippen LogP contribution in [0.3, 0.4) is 0 Å². The van der Waals surface area contributed by atoms with Crippen LogP contribution in [0.5, 0.6) is 0 Å². The molecule has 4 nitrogen and oxygen atoms in total. The Kier molecular flexibility index (Phi) is 3.52. The highest BCUT2D eigenvalue weighted by molar-refractivity contribution is 14.1. The molecule has 0 bridgehead atoms. The molecule has 1 aromatic rings. The maximum absolute atomic E-state index is 12.5. The van der Waals surface area contributed by atoms with E-state index in [0.717, 1.165) is 6.07 Å². The third-order valence-corrected chi connectivity index (χ3v) is 2.44. The predicted octanol–water partition coefficient (Wildman–Crippen LogP) is 2.19. The van der Waals surface area contributed by atoms with Crippen LogP contribution < -0.4 is 0 Å². The van der Waals surface area contributed by atoms with Gasteiger partial charge in [-0.15, -0.1) is 0 Å². The highest BCUT2D eigenvalue weighted by Crippen LogP contribution is 2.27. The summed E-state index contributed by atoms with van der Waals surface area (Å²) in [6.07, 6.45) is -2.85. The first-order chi connectivity index (χ1) is 6.97. The van der Waals surface area contributed by atoms with Crippen molar-refractivity contribution < 1.29 is 18.7 Å². The highest BCUT2D eigenvalue weighted by Gasteiger charge is 2.21.